The summed E-state index contributed by atoms with van der Waals surface area (Å²) in [7, 11) is 0. The summed E-state index contributed by atoms with van der Waals surface area (Å²) in [5.74, 6) is 0. The lowest BCUT2D eigenvalue weighted by Gasteiger charge is -2.26. The summed E-state index contributed by atoms with van der Waals surface area (Å²) in [6, 6.07) is 8.29. The fraction of sp³-hybridized carbons (Fsp3) is 0.400. The Balaban J connectivity index is 2.40. The number of aliphatic hydroxyl groups is 1. The maximum absolute atomic E-state index is 10.6. The highest BCUT2D eigenvalue weighted by Gasteiger charge is 2.25. The molecule has 0 saturated carbocycles. The van der Waals surface area contributed by atoms with Gasteiger partial charge >= 0.3 is 0 Å². The Morgan fingerprint density at radius 1 is 1.33 bits per heavy atom. The summed E-state index contributed by atoms with van der Waals surface area (Å²) in [6.07, 6.45) is 3.59. The van der Waals surface area contributed by atoms with Crippen molar-refractivity contribution in [1.82, 2.24) is 10.3 Å². The molecule has 0 saturated heterocycles. The molecule has 2 rings (SSSR count). The molecule has 96 valence electrons. The van der Waals surface area contributed by atoms with Gasteiger partial charge in [0.15, 0.2) is 0 Å². The van der Waals surface area contributed by atoms with E-state index >= 15 is 0 Å². The fourth-order valence-corrected chi connectivity index (χ4v) is 2.08. The summed E-state index contributed by atoms with van der Waals surface area (Å²) in [4.78, 5) is 4.15. The van der Waals surface area contributed by atoms with Crippen LogP contribution in [-0.4, -0.2) is 22.7 Å². The molecule has 3 heteroatoms. The molecule has 0 bridgehead atoms. The van der Waals surface area contributed by atoms with Crippen LogP contribution < -0.4 is 5.32 Å². The van der Waals surface area contributed by atoms with E-state index in [1.54, 1.807) is 6.20 Å². The predicted molar refractivity (Wildman–Crippen MR) is 74.5 cm³/mol. The molecule has 2 N–H and O–H groups in total. The van der Waals surface area contributed by atoms with Crippen LogP contribution in [0, 0.1) is 0 Å². The smallest absolute Gasteiger partial charge is 0.0998 e. The summed E-state index contributed by atoms with van der Waals surface area (Å²) >= 11 is 0. The Morgan fingerprint density at radius 3 is 2.83 bits per heavy atom. The molecule has 1 aromatic carbocycles. The van der Waals surface area contributed by atoms with E-state index in [1.807, 2.05) is 37.4 Å². The van der Waals surface area contributed by atoms with E-state index in [2.05, 4.69) is 24.1 Å². The van der Waals surface area contributed by atoms with Crippen molar-refractivity contribution in [3.05, 3.63) is 42.2 Å². The normalized spacial score (nSPS) is 14.9. The van der Waals surface area contributed by atoms with Crippen molar-refractivity contribution in [2.24, 2.45) is 0 Å². The van der Waals surface area contributed by atoms with E-state index < -0.39 is 5.60 Å². The zero-order valence-electron chi connectivity index (χ0n) is 11.1. The quantitative estimate of drug-likeness (QED) is 0.868. The lowest BCUT2D eigenvalue weighted by molar-refractivity contribution is 0.0564. The highest BCUT2D eigenvalue weighted by molar-refractivity contribution is 5.85. The third-order valence-electron chi connectivity index (χ3n) is 3.12. The first-order chi connectivity index (χ1) is 8.50. The lowest BCUT2D eigenvalue weighted by atomic mass is 9.91. The van der Waals surface area contributed by atoms with Crippen molar-refractivity contribution < 1.29 is 5.11 Å². The number of hydrogen-bond acceptors (Lipinski definition) is 3. The molecule has 0 aliphatic carbocycles. The standard InChI is InChI=1S/C15H20N2O/c1-11(2)17-10-15(3,18)14-6-4-5-12-7-8-16-9-13(12)14/h4-9,11,17-18H,10H2,1-3H3. The molecule has 0 radical (unpaired) electrons. The summed E-state index contributed by atoms with van der Waals surface area (Å²) in [5.41, 5.74) is 0.0218. The number of aromatic nitrogens is 1. The van der Waals surface area contributed by atoms with Gasteiger partial charge in [0.05, 0.1) is 5.60 Å². The molecule has 0 aliphatic heterocycles. The molecular formula is C15H20N2O. The number of fused-ring (bicyclic) bond motifs is 1. The van der Waals surface area contributed by atoms with Gasteiger partial charge in [0.25, 0.3) is 0 Å². The van der Waals surface area contributed by atoms with Crippen LogP contribution >= 0.6 is 0 Å². The maximum Gasteiger partial charge on any atom is 0.0998 e. The van der Waals surface area contributed by atoms with Crippen LogP contribution in [0.2, 0.25) is 0 Å². The molecule has 0 amide bonds. The first kappa shape index (κ1) is 13.0. The average molecular weight is 244 g/mol. The molecule has 1 heterocycles. The molecule has 0 aliphatic rings. The van der Waals surface area contributed by atoms with E-state index in [1.165, 1.54) is 0 Å². The Labute approximate surface area is 108 Å². The first-order valence-corrected chi connectivity index (χ1v) is 6.30. The second kappa shape index (κ2) is 5.04. The fourth-order valence-electron chi connectivity index (χ4n) is 2.08. The van der Waals surface area contributed by atoms with Crippen molar-refractivity contribution in [2.75, 3.05) is 6.54 Å². The van der Waals surface area contributed by atoms with Crippen LogP contribution in [0.1, 0.15) is 26.3 Å². The zero-order chi connectivity index (χ0) is 13.2. The van der Waals surface area contributed by atoms with Crippen LogP contribution in [0.5, 0.6) is 0 Å². The van der Waals surface area contributed by atoms with Gasteiger partial charge in [0.1, 0.15) is 0 Å². The molecule has 3 nitrogen and oxygen atoms in total. The van der Waals surface area contributed by atoms with E-state index in [-0.39, 0.29) is 0 Å². The molecule has 2 aromatic rings. The second-order valence-electron chi connectivity index (χ2n) is 5.21. The van der Waals surface area contributed by atoms with Crippen molar-refractivity contribution >= 4 is 10.8 Å². The van der Waals surface area contributed by atoms with Crippen LogP contribution in [0.4, 0.5) is 0 Å². The van der Waals surface area contributed by atoms with Crippen LogP contribution in [0.15, 0.2) is 36.7 Å². The van der Waals surface area contributed by atoms with Gasteiger partial charge in [-0.15, -0.1) is 0 Å². The molecular weight excluding hydrogens is 224 g/mol. The highest BCUT2D eigenvalue weighted by Crippen LogP contribution is 2.27. The van der Waals surface area contributed by atoms with Gasteiger partial charge in [0.2, 0.25) is 0 Å². The molecule has 0 spiro atoms. The number of pyridine rings is 1. The van der Waals surface area contributed by atoms with Gasteiger partial charge < -0.3 is 10.4 Å². The summed E-state index contributed by atoms with van der Waals surface area (Å²) < 4.78 is 0. The summed E-state index contributed by atoms with van der Waals surface area (Å²) in [6.45, 7) is 6.50. The number of rotatable bonds is 4. The van der Waals surface area contributed by atoms with Gasteiger partial charge in [0, 0.05) is 30.4 Å². The van der Waals surface area contributed by atoms with Crippen molar-refractivity contribution in [3.8, 4) is 0 Å². The maximum atomic E-state index is 10.6. The van der Waals surface area contributed by atoms with Crippen molar-refractivity contribution in [3.63, 3.8) is 0 Å². The Hall–Kier alpha value is -1.45. The topological polar surface area (TPSA) is 45.1 Å². The van der Waals surface area contributed by atoms with Crippen LogP contribution in [-0.2, 0) is 5.60 Å². The van der Waals surface area contributed by atoms with Gasteiger partial charge in [-0.1, -0.05) is 32.0 Å². The molecule has 1 atom stereocenters. The van der Waals surface area contributed by atoms with E-state index in [9.17, 15) is 5.11 Å². The second-order valence-corrected chi connectivity index (χ2v) is 5.21. The first-order valence-electron chi connectivity index (χ1n) is 6.30. The zero-order valence-corrected chi connectivity index (χ0v) is 11.1. The molecule has 18 heavy (non-hydrogen) atoms. The Morgan fingerprint density at radius 2 is 2.11 bits per heavy atom. The van der Waals surface area contributed by atoms with Crippen LogP contribution in [0.25, 0.3) is 10.8 Å². The lowest BCUT2D eigenvalue weighted by Crippen LogP contribution is -2.38. The number of hydrogen-bond donors (Lipinski definition) is 2. The monoisotopic (exact) mass is 244 g/mol. The van der Waals surface area contributed by atoms with Gasteiger partial charge in [-0.2, -0.15) is 0 Å². The molecule has 0 fully saturated rings. The summed E-state index contributed by atoms with van der Waals surface area (Å²) in [5, 5.41) is 16.0. The largest absolute Gasteiger partial charge is 0.384 e. The average Bonchev–Trinajstić information content (AvgIpc) is 2.36. The minimum absolute atomic E-state index is 0.351. The van der Waals surface area contributed by atoms with Crippen LogP contribution in [0.3, 0.4) is 0 Å². The van der Waals surface area contributed by atoms with E-state index in [4.69, 9.17) is 0 Å². The minimum atomic E-state index is -0.896. The SMILES string of the molecule is CC(C)NCC(C)(O)c1cccc2ccncc12. The molecule has 1 aromatic heterocycles. The van der Waals surface area contributed by atoms with E-state index in [0.29, 0.717) is 12.6 Å². The minimum Gasteiger partial charge on any atom is -0.384 e. The van der Waals surface area contributed by atoms with Gasteiger partial charge in [-0.25, -0.2) is 0 Å². The third kappa shape index (κ3) is 2.68. The van der Waals surface area contributed by atoms with Gasteiger partial charge in [-0.3, -0.25) is 4.98 Å². The third-order valence-corrected chi connectivity index (χ3v) is 3.12. The Kier molecular flexibility index (Phi) is 3.64. The van der Waals surface area contributed by atoms with Crippen molar-refractivity contribution in [1.29, 1.82) is 0 Å². The number of nitrogens with zero attached hydrogens (tertiary/aromatic N) is 1. The predicted octanol–water partition coefficient (Wildman–Crippen LogP) is 2.44. The highest BCUT2D eigenvalue weighted by atomic mass is 16.3. The number of benzene rings is 1. The van der Waals surface area contributed by atoms with Crippen molar-refractivity contribution in [2.45, 2.75) is 32.4 Å². The molecule has 1 unspecified atom stereocenters. The van der Waals surface area contributed by atoms with Gasteiger partial charge in [-0.05, 0) is 23.9 Å². The van der Waals surface area contributed by atoms with E-state index in [0.717, 1.165) is 16.3 Å². The number of nitrogens with one attached hydrogen (secondary N) is 1. The Bertz CT molecular complexity index is 530.